The molecule has 28 heavy (non-hydrogen) atoms. The summed E-state index contributed by atoms with van der Waals surface area (Å²) < 4.78 is 11.3. The van der Waals surface area contributed by atoms with Gasteiger partial charge < -0.3 is 20.1 Å². The predicted molar refractivity (Wildman–Crippen MR) is 113 cm³/mol. The summed E-state index contributed by atoms with van der Waals surface area (Å²) in [5, 5.41) is 5.75. The van der Waals surface area contributed by atoms with E-state index in [0.717, 1.165) is 37.2 Å². The Morgan fingerprint density at radius 2 is 1.07 bits per heavy atom. The van der Waals surface area contributed by atoms with E-state index in [-0.39, 0.29) is 6.03 Å². The maximum Gasteiger partial charge on any atom is 0.314 e. The zero-order valence-corrected chi connectivity index (χ0v) is 17.0. The lowest BCUT2D eigenvalue weighted by Gasteiger charge is -2.09. The Morgan fingerprint density at radius 1 is 0.679 bits per heavy atom. The summed E-state index contributed by atoms with van der Waals surface area (Å²) in [5.74, 6) is 1.78. The molecule has 0 fully saturated rings. The van der Waals surface area contributed by atoms with Crippen LogP contribution in [-0.2, 0) is 0 Å². The molecule has 2 rings (SSSR count). The van der Waals surface area contributed by atoms with Crippen molar-refractivity contribution >= 4 is 6.03 Å². The van der Waals surface area contributed by atoms with Gasteiger partial charge in [-0.05, 0) is 63.8 Å². The highest BCUT2D eigenvalue weighted by Crippen LogP contribution is 2.12. The first-order chi connectivity index (χ1) is 13.6. The van der Waals surface area contributed by atoms with Crippen molar-refractivity contribution in [2.75, 3.05) is 26.3 Å². The number of ether oxygens (including phenoxy) is 2. The number of unbranched alkanes of at least 4 members (excludes halogenated alkanes) is 2. The van der Waals surface area contributed by atoms with Gasteiger partial charge in [0.2, 0.25) is 0 Å². The van der Waals surface area contributed by atoms with Crippen LogP contribution < -0.4 is 20.1 Å². The van der Waals surface area contributed by atoms with E-state index in [9.17, 15) is 4.79 Å². The van der Waals surface area contributed by atoms with Crippen molar-refractivity contribution in [1.29, 1.82) is 0 Å². The van der Waals surface area contributed by atoms with Gasteiger partial charge in [0.1, 0.15) is 11.5 Å². The average Bonchev–Trinajstić information content (AvgIpc) is 2.70. The third kappa shape index (κ3) is 9.31. The first kappa shape index (κ1) is 21.6. The van der Waals surface area contributed by atoms with Crippen LogP contribution in [0.3, 0.4) is 0 Å². The molecule has 0 radical (unpaired) electrons. The summed E-state index contributed by atoms with van der Waals surface area (Å²) in [5.41, 5.74) is 2.45. The highest BCUT2D eigenvalue weighted by molar-refractivity contribution is 5.73. The second-order valence-corrected chi connectivity index (χ2v) is 6.92. The zero-order valence-electron chi connectivity index (χ0n) is 17.0. The summed E-state index contributed by atoms with van der Waals surface area (Å²) in [7, 11) is 0. The minimum atomic E-state index is -0.112. The molecule has 2 N–H and O–H groups in total. The number of urea groups is 1. The van der Waals surface area contributed by atoms with Crippen molar-refractivity contribution in [3.05, 3.63) is 59.7 Å². The molecule has 0 aromatic heterocycles. The Labute approximate surface area is 168 Å². The van der Waals surface area contributed by atoms with Crippen LogP contribution in [0.5, 0.6) is 11.5 Å². The van der Waals surface area contributed by atoms with Crippen molar-refractivity contribution < 1.29 is 14.3 Å². The zero-order chi connectivity index (χ0) is 20.0. The van der Waals surface area contributed by atoms with E-state index in [1.807, 2.05) is 48.5 Å². The molecule has 0 heterocycles. The summed E-state index contributed by atoms with van der Waals surface area (Å²) in [6, 6.07) is 16.0. The van der Waals surface area contributed by atoms with Gasteiger partial charge in [0.25, 0.3) is 0 Å². The van der Waals surface area contributed by atoms with Gasteiger partial charge in [-0.3, -0.25) is 0 Å². The van der Waals surface area contributed by atoms with E-state index in [4.69, 9.17) is 9.47 Å². The highest BCUT2D eigenvalue weighted by Gasteiger charge is 2.00. The maximum atomic E-state index is 11.7. The van der Waals surface area contributed by atoms with E-state index in [0.29, 0.717) is 26.3 Å². The molecular formula is C23H32N2O3. The number of aryl methyl sites for hydroxylation is 2. The van der Waals surface area contributed by atoms with Crippen LogP contribution >= 0.6 is 0 Å². The topological polar surface area (TPSA) is 59.6 Å². The molecule has 0 aliphatic heterocycles. The fourth-order valence-corrected chi connectivity index (χ4v) is 2.57. The molecule has 0 bridgehead atoms. The van der Waals surface area contributed by atoms with Crippen molar-refractivity contribution in [3.63, 3.8) is 0 Å². The number of hydrogen-bond donors (Lipinski definition) is 2. The van der Waals surface area contributed by atoms with Gasteiger partial charge in [0, 0.05) is 13.1 Å². The smallest absolute Gasteiger partial charge is 0.314 e. The van der Waals surface area contributed by atoms with Crippen LogP contribution in [0.4, 0.5) is 4.79 Å². The lowest BCUT2D eigenvalue weighted by atomic mass is 10.2. The molecule has 0 aliphatic rings. The Bertz CT molecular complexity index is 624. The normalized spacial score (nSPS) is 10.4. The van der Waals surface area contributed by atoms with Crippen LogP contribution in [0.15, 0.2) is 48.5 Å². The Morgan fingerprint density at radius 3 is 1.46 bits per heavy atom. The van der Waals surface area contributed by atoms with Crippen molar-refractivity contribution in [1.82, 2.24) is 10.6 Å². The van der Waals surface area contributed by atoms with E-state index < -0.39 is 0 Å². The van der Waals surface area contributed by atoms with E-state index >= 15 is 0 Å². The van der Waals surface area contributed by atoms with E-state index in [1.165, 1.54) is 11.1 Å². The number of rotatable bonds is 12. The molecule has 0 saturated carbocycles. The van der Waals surface area contributed by atoms with Gasteiger partial charge >= 0.3 is 6.03 Å². The van der Waals surface area contributed by atoms with E-state index in [1.54, 1.807) is 0 Å². The van der Waals surface area contributed by atoms with Crippen molar-refractivity contribution in [3.8, 4) is 11.5 Å². The van der Waals surface area contributed by atoms with Gasteiger partial charge in [-0.15, -0.1) is 0 Å². The number of benzene rings is 2. The lowest BCUT2D eigenvalue weighted by molar-refractivity contribution is 0.239. The minimum absolute atomic E-state index is 0.112. The number of carbonyl (C=O) groups is 1. The number of amides is 2. The van der Waals surface area contributed by atoms with Crippen LogP contribution in [0.2, 0.25) is 0 Å². The molecule has 2 amide bonds. The Hall–Kier alpha value is -2.69. The third-order valence-corrected chi connectivity index (χ3v) is 4.29. The quantitative estimate of drug-likeness (QED) is 0.525. The summed E-state index contributed by atoms with van der Waals surface area (Å²) in [4.78, 5) is 11.7. The molecule has 0 spiro atoms. The number of carbonyl (C=O) groups excluding carboxylic acids is 1. The summed E-state index contributed by atoms with van der Waals surface area (Å²) >= 11 is 0. The van der Waals surface area contributed by atoms with Crippen LogP contribution in [0, 0.1) is 13.8 Å². The molecule has 0 aliphatic carbocycles. The average molecular weight is 385 g/mol. The molecule has 5 nitrogen and oxygen atoms in total. The minimum Gasteiger partial charge on any atom is -0.494 e. The molecule has 0 unspecified atom stereocenters. The predicted octanol–water partition coefficient (Wildman–Crippen LogP) is 4.62. The molecule has 152 valence electrons. The van der Waals surface area contributed by atoms with Gasteiger partial charge in [-0.1, -0.05) is 35.4 Å². The first-order valence-corrected chi connectivity index (χ1v) is 10.0. The Kier molecular flexibility index (Phi) is 9.76. The molecule has 5 heteroatoms. The highest BCUT2D eigenvalue weighted by atomic mass is 16.5. The van der Waals surface area contributed by atoms with E-state index in [2.05, 4.69) is 24.5 Å². The molecular weight excluding hydrogens is 352 g/mol. The van der Waals surface area contributed by atoms with Gasteiger partial charge in [-0.2, -0.15) is 0 Å². The SMILES string of the molecule is Cc1ccc(OCCCCNC(=O)NCCCCOc2ccc(C)cc2)cc1. The van der Waals surface area contributed by atoms with Gasteiger partial charge in [-0.25, -0.2) is 4.79 Å². The lowest BCUT2D eigenvalue weighted by Crippen LogP contribution is -2.36. The van der Waals surface area contributed by atoms with Crippen LogP contribution in [-0.4, -0.2) is 32.3 Å². The number of nitrogens with one attached hydrogen (secondary N) is 2. The third-order valence-electron chi connectivity index (χ3n) is 4.29. The van der Waals surface area contributed by atoms with Crippen LogP contribution in [0.25, 0.3) is 0 Å². The summed E-state index contributed by atoms with van der Waals surface area (Å²) in [6.07, 6.45) is 3.60. The second kappa shape index (κ2) is 12.7. The Balaban J connectivity index is 1.39. The van der Waals surface area contributed by atoms with Gasteiger partial charge in [0.05, 0.1) is 13.2 Å². The molecule has 0 atom stereocenters. The monoisotopic (exact) mass is 384 g/mol. The van der Waals surface area contributed by atoms with Crippen molar-refractivity contribution in [2.24, 2.45) is 0 Å². The molecule has 0 saturated heterocycles. The number of hydrogen-bond acceptors (Lipinski definition) is 3. The molecule has 2 aromatic rings. The van der Waals surface area contributed by atoms with Gasteiger partial charge in [0.15, 0.2) is 0 Å². The maximum absolute atomic E-state index is 11.7. The second-order valence-electron chi connectivity index (χ2n) is 6.92. The fraction of sp³-hybridized carbons (Fsp3) is 0.435. The summed E-state index contributed by atoms with van der Waals surface area (Å²) in [6.45, 7) is 6.74. The largest absolute Gasteiger partial charge is 0.494 e. The fourth-order valence-electron chi connectivity index (χ4n) is 2.57. The first-order valence-electron chi connectivity index (χ1n) is 10.0. The standard InChI is InChI=1S/C23H32N2O3/c1-19-7-11-21(12-8-19)27-17-5-3-15-24-23(26)25-16-4-6-18-28-22-13-9-20(2)10-14-22/h7-14H,3-6,15-18H2,1-2H3,(H2,24,25,26). The van der Waals surface area contributed by atoms with Crippen LogP contribution in [0.1, 0.15) is 36.8 Å². The van der Waals surface area contributed by atoms with Crippen molar-refractivity contribution in [2.45, 2.75) is 39.5 Å². The molecule has 2 aromatic carbocycles.